The molecule has 57 heavy (non-hydrogen) atoms. The van der Waals surface area contributed by atoms with Gasteiger partial charge in [-0.3, -0.25) is 18.6 Å². The molecule has 0 rings (SSSR count). The molecule has 0 bridgehead atoms. The largest absolute Gasteiger partial charge is 0.472 e. The lowest BCUT2D eigenvalue weighted by molar-refractivity contribution is -0.161. The third-order valence-electron chi connectivity index (χ3n) is 8.52. The zero-order valence-corrected chi connectivity index (χ0v) is 36.2. The second-order valence-electron chi connectivity index (χ2n) is 14.0. The third-order valence-corrected chi connectivity index (χ3v) is 9.47. The lowest BCUT2D eigenvalue weighted by Gasteiger charge is -2.20. The molecule has 3 N–H and O–H groups in total. The van der Waals surface area contributed by atoms with Crippen LogP contribution in [-0.2, 0) is 32.7 Å². The molecule has 0 saturated carbocycles. The summed E-state index contributed by atoms with van der Waals surface area (Å²) in [6.45, 7) is 2.22. The van der Waals surface area contributed by atoms with Crippen molar-refractivity contribution in [2.24, 2.45) is 0 Å². The molecule has 326 valence electrons. The Morgan fingerprint density at radius 2 is 0.912 bits per heavy atom. The molecule has 0 aliphatic heterocycles. The highest BCUT2D eigenvalue weighted by atomic mass is 31.2. The number of phosphoric ester groups is 1. The normalized spacial score (nSPS) is 14.7. The molecule has 0 spiro atoms. The second kappa shape index (κ2) is 41.3. The fourth-order valence-corrected chi connectivity index (χ4v) is 5.95. The van der Waals surface area contributed by atoms with E-state index in [2.05, 4.69) is 103 Å². The molecule has 10 nitrogen and oxygen atoms in total. The number of phosphoric acid groups is 1. The zero-order valence-electron chi connectivity index (χ0n) is 35.3. The number of hydrogen-bond donors (Lipinski definition) is 3. The summed E-state index contributed by atoms with van der Waals surface area (Å²) >= 11 is 0. The number of rotatable bonds is 39. The van der Waals surface area contributed by atoms with Crippen molar-refractivity contribution in [1.82, 2.24) is 0 Å². The highest BCUT2D eigenvalue weighted by Crippen LogP contribution is 2.43. The molecule has 0 aromatic heterocycles. The molecule has 0 aromatic carbocycles. The molecule has 0 amide bonds. The third kappa shape index (κ3) is 41.1. The maximum Gasteiger partial charge on any atom is 0.472 e. The van der Waals surface area contributed by atoms with Crippen molar-refractivity contribution in [3.63, 3.8) is 0 Å². The van der Waals surface area contributed by atoms with Gasteiger partial charge in [-0.1, -0.05) is 131 Å². The van der Waals surface area contributed by atoms with Gasteiger partial charge in [0.2, 0.25) is 0 Å². The molecule has 0 radical (unpaired) electrons. The van der Waals surface area contributed by atoms with Crippen LogP contribution in [0.25, 0.3) is 0 Å². The number of esters is 2. The quantitative estimate of drug-likeness (QED) is 0.0237. The van der Waals surface area contributed by atoms with Gasteiger partial charge in [0.1, 0.15) is 12.7 Å². The Morgan fingerprint density at radius 3 is 1.37 bits per heavy atom. The summed E-state index contributed by atoms with van der Waals surface area (Å²) in [5.41, 5.74) is 0. The lowest BCUT2D eigenvalue weighted by Crippen LogP contribution is -2.29. The fourth-order valence-electron chi connectivity index (χ4n) is 5.16. The predicted molar refractivity (Wildman–Crippen MR) is 233 cm³/mol. The van der Waals surface area contributed by atoms with E-state index in [1.54, 1.807) is 0 Å². The molecule has 0 aliphatic rings. The van der Waals surface area contributed by atoms with Gasteiger partial charge in [-0.25, -0.2) is 4.57 Å². The average Bonchev–Trinajstić information content (AvgIpc) is 3.20. The maximum absolute atomic E-state index is 12.6. The van der Waals surface area contributed by atoms with E-state index in [1.165, 1.54) is 44.9 Å². The van der Waals surface area contributed by atoms with E-state index in [0.717, 1.165) is 70.6 Å². The summed E-state index contributed by atoms with van der Waals surface area (Å²) in [6.07, 6.45) is 48.3. The van der Waals surface area contributed by atoms with Crippen LogP contribution in [0.5, 0.6) is 0 Å². The van der Waals surface area contributed by atoms with Crippen LogP contribution < -0.4 is 0 Å². The molecule has 11 heteroatoms. The van der Waals surface area contributed by atoms with Crippen molar-refractivity contribution in [2.75, 3.05) is 26.4 Å². The zero-order chi connectivity index (χ0) is 41.9. The van der Waals surface area contributed by atoms with Gasteiger partial charge in [0.25, 0.3) is 0 Å². The fraction of sp³-hybridized carbons (Fsp3) is 0.652. The van der Waals surface area contributed by atoms with Crippen molar-refractivity contribution in [3.8, 4) is 0 Å². The average molecular weight is 821 g/mol. The van der Waals surface area contributed by atoms with Gasteiger partial charge in [0.05, 0.1) is 19.8 Å². The number of ether oxygens (including phenoxy) is 2. The van der Waals surface area contributed by atoms with Crippen molar-refractivity contribution < 1.29 is 47.8 Å². The Morgan fingerprint density at radius 1 is 0.526 bits per heavy atom. The Bertz CT molecular complexity index is 1220. The van der Waals surface area contributed by atoms with E-state index in [1.807, 2.05) is 0 Å². The smallest absolute Gasteiger partial charge is 0.462 e. The minimum Gasteiger partial charge on any atom is -0.462 e. The maximum atomic E-state index is 12.6. The van der Waals surface area contributed by atoms with E-state index < -0.39 is 51.8 Å². The Balaban J connectivity index is 4.45. The van der Waals surface area contributed by atoms with Crippen molar-refractivity contribution >= 4 is 19.8 Å². The number of allylic oxidation sites excluding steroid dienone is 14. The van der Waals surface area contributed by atoms with Crippen LogP contribution in [0.15, 0.2) is 85.1 Å². The topological polar surface area (TPSA) is 149 Å². The standard InChI is InChI=1S/C46H77O10P/c1-3-5-7-9-11-13-15-17-19-20-21-22-24-26-28-30-32-34-36-38-46(50)56-44(42-55-57(51,52)54-40-43(48)39-47)41-53-45(49)37-35-33-31-29-27-25-23-18-16-14-12-10-8-6-4-2/h11-14,17-19,21-23,26-29,43-44,47-48H,3-10,15-16,20,24-25,30-42H2,1-2H3,(H,51,52). The first-order chi connectivity index (χ1) is 27.7. The number of unbranched alkanes of at least 4 members (excludes halogenated alkanes) is 11. The molecule has 3 atom stereocenters. The van der Waals surface area contributed by atoms with Gasteiger partial charge < -0.3 is 24.6 Å². The van der Waals surface area contributed by atoms with Crippen molar-refractivity contribution in [2.45, 2.75) is 167 Å². The Kier molecular flexibility index (Phi) is 39.2. The van der Waals surface area contributed by atoms with Gasteiger partial charge in [-0.15, -0.1) is 0 Å². The monoisotopic (exact) mass is 821 g/mol. The van der Waals surface area contributed by atoms with Gasteiger partial charge in [0.15, 0.2) is 6.10 Å². The van der Waals surface area contributed by atoms with Crippen molar-refractivity contribution in [3.05, 3.63) is 85.1 Å². The lowest BCUT2D eigenvalue weighted by atomic mass is 10.1. The highest BCUT2D eigenvalue weighted by Gasteiger charge is 2.27. The van der Waals surface area contributed by atoms with E-state index in [0.29, 0.717) is 12.8 Å². The SMILES string of the molecule is CCCCCC=CCC=CCC=CCC=CCCCCCC(=O)OC(COC(=O)CCCCC=CCC=CCC=CCCCCC)COP(=O)(O)OCC(O)CO. The Hall–Kier alpha value is -2.85. The molecule has 0 aliphatic carbocycles. The first-order valence-corrected chi connectivity index (χ1v) is 23.0. The molecule has 0 fully saturated rings. The first kappa shape index (κ1) is 54.2. The van der Waals surface area contributed by atoms with Crippen LogP contribution in [0.3, 0.4) is 0 Å². The van der Waals surface area contributed by atoms with Crippen molar-refractivity contribution in [1.29, 1.82) is 0 Å². The Labute approximate surface area is 345 Å². The summed E-state index contributed by atoms with van der Waals surface area (Å²) in [6, 6.07) is 0. The molecule has 3 unspecified atom stereocenters. The number of aliphatic hydroxyl groups excluding tert-OH is 2. The predicted octanol–water partition coefficient (Wildman–Crippen LogP) is 11.4. The molecule has 0 saturated heterocycles. The number of carbonyl (C=O) groups is 2. The van der Waals surface area contributed by atoms with E-state index in [9.17, 15) is 24.2 Å². The summed E-state index contributed by atoms with van der Waals surface area (Å²) in [7, 11) is -4.64. The summed E-state index contributed by atoms with van der Waals surface area (Å²) in [4.78, 5) is 35.0. The van der Waals surface area contributed by atoms with Crippen LogP contribution in [0.2, 0.25) is 0 Å². The second-order valence-corrected chi connectivity index (χ2v) is 15.5. The van der Waals surface area contributed by atoms with Gasteiger partial charge >= 0.3 is 19.8 Å². The molecule has 0 heterocycles. The van der Waals surface area contributed by atoms with Crippen LogP contribution in [0, 0.1) is 0 Å². The number of carbonyl (C=O) groups excluding carboxylic acids is 2. The van der Waals surface area contributed by atoms with Crippen LogP contribution in [-0.4, -0.2) is 65.7 Å². The van der Waals surface area contributed by atoms with Crippen LogP contribution in [0.4, 0.5) is 0 Å². The first-order valence-electron chi connectivity index (χ1n) is 21.5. The highest BCUT2D eigenvalue weighted by molar-refractivity contribution is 7.47. The minimum atomic E-state index is -4.64. The molecular weight excluding hydrogens is 743 g/mol. The molecule has 0 aromatic rings. The van der Waals surface area contributed by atoms with Gasteiger partial charge in [0, 0.05) is 12.8 Å². The van der Waals surface area contributed by atoms with Gasteiger partial charge in [-0.2, -0.15) is 0 Å². The van der Waals surface area contributed by atoms with Crippen LogP contribution in [0.1, 0.15) is 155 Å². The van der Waals surface area contributed by atoms with Crippen LogP contribution >= 0.6 is 7.82 Å². The van der Waals surface area contributed by atoms with E-state index in [4.69, 9.17) is 19.1 Å². The number of hydrogen-bond acceptors (Lipinski definition) is 9. The van der Waals surface area contributed by atoms with E-state index >= 15 is 0 Å². The summed E-state index contributed by atoms with van der Waals surface area (Å²) < 4.78 is 32.6. The van der Waals surface area contributed by atoms with Gasteiger partial charge in [-0.05, 0) is 96.3 Å². The molecular formula is C46H77O10P. The minimum absolute atomic E-state index is 0.133. The summed E-state index contributed by atoms with van der Waals surface area (Å²) in [5, 5.41) is 18.3. The number of aliphatic hydroxyl groups is 2. The summed E-state index contributed by atoms with van der Waals surface area (Å²) in [5.74, 6) is -1.01. The van der Waals surface area contributed by atoms with E-state index in [-0.39, 0.29) is 19.4 Å².